The molecule has 0 heterocycles. The van der Waals surface area contributed by atoms with Crippen molar-refractivity contribution in [3.8, 4) is 0 Å². The van der Waals surface area contributed by atoms with Crippen LogP contribution in [0, 0.1) is 0 Å². The molecular weight excluding hydrogens is 236 g/mol. The van der Waals surface area contributed by atoms with E-state index in [-0.39, 0.29) is 0 Å². The first-order chi connectivity index (χ1) is 9.10. The van der Waals surface area contributed by atoms with Gasteiger partial charge in [-0.15, -0.1) is 0 Å². The predicted octanol–water partition coefficient (Wildman–Crippen LogP) is 3.89. The van der Waals surface area contributed by atoms with Gasteiger partial charge >= 0.3 is 0 Å². The third-order valence-corrected chi connectivity index (χ3v) is 2.17. The minimum Gasteiger partial charge on any atom is -0.299 e. The largest absolute Gasteiger partial charge is 0.299 e. The van der Waals surface area contributed by atoms with E-state index >= 15 is 0 Å². The number of rotatable bonds is 7. The van der Waals surface area contributed by atoms with Crippen molar-refractivity contribution in [1.29, 1.82) is 0 Å². The highest BCUT2D eigenvalue weighted by Crippen LogP contribution is 1.99. The molecule has 0 rings (SSSR count). The van der Waals surface area contributed by atoms with Crippen LogP contribution in [-0.2, 0) is 9.59 Å². The predicted molar refractivity (Wildman–Crippen MR) is 80.8 cm³/mol. The first-order valence-electron chi connectivity index (χ1n) is 6.04. The van der Waals surface area contributed by atoms with E-state index in [1.807, 2.05) is 50.3 Å². The third kappa shape index (κ3) is 10.6. The summed E-state index contributed by atoms with van der Waals surface area (Å²) in [5.74, 6) is 0. The zero-order valence-electron chi connectivity index (χ0n) is 11.7. The molecule has 0 saturated carbocycles. The number of hydrogen-bond acceptors (Lipinski definition) is 2. The second kappa shape index (κ2) is 10.9. The number of carbonyl (C=O) groups is 2. The molecule has 0 spiro atoms. The minimum atomic E-state index is 0.695. The third-order valence-electron chi connectivity index (χ3n) is 2.17. The summed E-state index contributed by atoms with van der Waals surface area (Å²) in [5, 5.41) is 0. The van der Waals surface area contributed by atoms with Crippen LogP contribution < -0.4 is 0 Å². The summed E-state index contributed by atoms with van der Waals surface area (Å²) in [6, 6.07) is 0. The highest BCUT2D eigenvalue weighted by Gasteiger charge is 1.80. The van der Waals surface area contributed by atoms with Gasteiger partial charge in [-0.05, 0) is 32.4 Å². The fourth-order valence-corrected chi connectivity index (χ4v) is 1.11. The molecule has 2 heteroatoms. The average molecular weight is 256 g/mol. The van der Waals surface area contributed by atoms with Gasteiger partial charge < -0.3 is 0 Å². The molecule has 0 N–H and O–H groups in total. The Morgan fingerprint density at radius 2 is 1.11 bits per heavy atom. The van der Waals surface area contributed by atoms with E-state index in [4.69, 9.17) is 0 Å². The van der Waals surface area contributed by atoms with Gasteiger partial charge in [-0.1, -0.05) is 59.8 Å². The molecule has 0 aliphatic carbocycles. The lowest BCUT2D eigenvalue weighted by Gasteiger charge is -1.88. The van der Waals surface area contributed by atoms with E-state index in [9.17, 15) is 9.59 Å². The van der Waals surface area contributed by atoms with Crippen LogP contribution in [0.5, 0.6) is 0 Å². The van der Waals surface area contributed by atoms with E-state index in [1.165, 1.54) is 6.08 Å². The second-order valence-electron chi connectivity index (χ2n) is 4.09. The molecule has 19 heavy (non-hydrogen) atoms. The SMILES string of the molecule is CC(C=O)=CC=CC(C)=CC=CC=C(C)C=CC=O. The Bertz CT molecular complexity index is 469. The topological polar surface area (TPSA) is 34.1 Å². The van der Waals surface area contributed by atoms with E-state index in [1.54, 1.807) is 19.1 Å². The maximum atomic E-state index is 10.4. The molecule has 0 amide bonds. The van der Waals surface area contributed by atoms with Gasteiger partial charge in [0, 0.05) is 0 Å². The zero-order valence-corrected chi connectivity index (χ0v) is 11.7. The van der Waals surface area contributed by atoms with Crippen molar-refractivity contribution in [2.45, 2.75) is 20.8 Å². The molecule has 0 radical (unpaired) electrons. The average Bonchev–Trinajstić information content (AvgIpc) is 2.41. The molecule has 100 valence electrons. The summed E-state index contributed by atoms with van der Waals surface area (Å²) in [6.07, 6.45) is 18.1. The van der Waals surface area contributed by atoms with Crippen LogP contribution in [0.1, 0.15) is 20.8 Å². The molecule has 0 aromatic carbocycles. The van der Waals surface area contributed by atoms with Gasteiger partial charge in [-0.25, -0.2) is 0 Å². The molecule has 0 aromatic rings. The van der Waals surface area contributed by atoms with Crippen LogP contribution in [0.15, 0.2) is 71.4 Å². The van der Waals surface area contributed by atoms with Crippen LogP contribution in [0.2, 0.25) is 0 Å². The molecular formula is C17H20O2. The fourth-order valence-electron chi connectivity index (χ4n) is 1.11. The second-order valence-corrected chi connectivity index (χ2v) is 4.09. The smallest absolute Gasteiger partial charge is 0.145 e. The van der Waals surface area contributed by atoms with Gasteiger partial charge in [0.1, 0.15) is 12.6 Å². The number of carbonyl (C=O) groups excluding carboxylic acids is 2. The van der Waals surface area contributed by atoms with Gasteiger partial charge in [0.25, 0.3) is 0 Å². The van der Waals surface area contributed by atoms with Crippen LogP contribution in [0.4, 0.5) is 0 Å². The van der Waals surface area contributed by atoms with Crippen molar-refractivity contribution in [3.63, 3.8) is 0 Å². The van der Waals surface area contributed by atoms with E-state index in [2.05, 4.69) is 0 Å². The van der Waals surface area contributed by atoms with Crippen LogP contribution in [-0.4, -0.2) is 12.6 Å². The lowest BCUT2D eigenvalue weighted by molar-refractivity contribution is -0.105. The maximum absolute atomic E-state index is 10.4. The van der Waals surface area contributed by atoms with Crippen molar-refractivity contribution < 1.29 is 9.59 Å². The molecule has 0 aromatic heterocycles. The van der Waals surface area contributed by atoms with Gasteiger partial charge in [-0.2, -0.15) is 0 Å². The molecule has 0 aliphatic heterocycles. The zero-order chi connectivity index (χ0) is 14.5. The highest BCUT2D eigenvalue weighted by atomic mass is 16.1. The Kier molecular flexibility index (Phi) is 9.63. The quantitative estimate of drug-likeness (QED) is 0.393. The monoisotopic (exact) mass is 256 g/mol. The maximum Gasteiger partial charge on any atom is 0.145 e. The molecule has 0 bridgehead atoms. The Balaban J connectivity index is 4.43. The molecule has 0 aliphatic rings. The summed E-state index contributed by atoms with van der Waals surface area (Å²) in [4.78, 5) is 20.5. The molecule has 0 saturated heterocycles. The number of hydrogen-bond donors (Lipinski definition) is 0. The van der Waals surface area contributed by atoms with Gasteiger partial charge in [-0.3, -0.25) is 9.59 Å². The van der Waals surface area contributed by atoms with Crippen LogP contribution >= 0.6 is 0 Å². The Morgan fingerprint density at radius 3 is 1.58 bits per heavy atom. The fraction of sp³-hybridized carbons (Fsp3) is 0.176. The van der Waals surface area contributed by atoms with Crippen molar-refractivity contribution in [3.05, 3.63) is 71.4 Å². The van der Waals surface area contributed by atoms with Crippen molar-refractivity contribution in [1.82, 2.24) is 0 Å². The van der Waals surface area contributed by atoms with Crippen LogP contribution in [0.3, 0.4) is 0 Å². The summed E-state index contributed by atoms with van der Waals surface area (Å²) in [5.41, 5.74) is 2.79. The lowest BCUT2D eigenvalue weighted by Crippen LogP contribution is -1.73. The van der Waals surface area contributed by atoms with Gasteiger partial charge in [0.05, 0.1) is 0 Å². The summed E-state index contributed by atoms with van der Waals surface area (Å²) >= 11 is 0. The first-order valence-corrected chi connectivity index (χ1v) is 6.04. The van der Waals surface area contributed by atoms with E-state index < -0.39 is 0 Å². The number of allylic oxidation sites excluding steroid dienone is 12. The lowest BCUT2D eigenvalue weighted by atomic mass is 10.2. The molecule has 0 atom stereocenters. The van der Waals surface area contributed by atoms with Gasteiger partial charge in [0.15, 0.2) is 0 Å². The molecule has 2 nitrogen and oxygen atoms in total. The molecule has 0 fully saturated rings. The van der Waals surface area contributed by atoms with Gasteiger partial charge in [0.2, 0.25) is 0 Å². The van der Waals surface area contributed by atoms with Crippen molar-refractivity contribution >= 4 is 12.6 Å². The summed E-state index contributed by atoms with van der Waals surface area (Å²) in [6.45, 7) is 5.66. The number of aldehydes is 2. The van der Waals surface area contributed by atoms with E-state index in [0.29, 0.717) is 5.57 Å². The molecule has 0 unspecified atom stereocenters. The Morgan fingerprint density at radius 1 is 0.632 bits per heavy atom. The normalized spacial score (nSPS) is 14.8. The van der Waals surface area contributed by atoms with Crippen LogP contribution in [0.25, 0.3) is 0 Å². The minimum absolute atomic E-state index is 0.695. The Labute approximate surface area is 115 Å². The van der Waals surface area contributed by atoms with Crippen molar-refractivity contribution in [2.24, 2.45) is 0 Å². The highest BCUT2D eigenvalue weighted by molar-refractivity contribution is 5.72. The Hall–Kier alpha value is -2.22. The van der Waals surface area contributed by atoms with Crippen molar-refractivity contribution in [2.75, 3.05) is 0 Å². The standard InChI is InChI=1S/C17H20O2/c1-15(10-6-11-17(3)14-19)8-4-5-9-16(2)12-7-13-18/h4-14H,1-3H3. The summed E-state index contributed by atoms with van der Waals surface area (Å²) in [7, 11) is 0. The van der Waals surface area contributed by atoms with E-state index in [0.717, 1.165) is 23.7 Å². The summed E-state index contributed by atoms with van der Waals surface area (Å²) < 4.78 is 0. The first kappa shape index (κ1) is 16.8.